The van der Waals surface area contributed by atoms with E-state index in [0.29, 0.717) is 0 Å². The molecule has 1 saturated heterocycles. The molecule has 9 heteroatoms. The average Bonchev–Trinajstić information content (AvgIpc) is 2.92. The topological polar surface area (TPSA) is 95.5 Å². The highest BCUT2D eigenvalue weighted by atomic mass is 19.1. The summed E-state index contributed by atoms with van der Waals surface area (Å²) in [4.78, 5) is 6.35. The fourth-order valence-electron chi connectivity index (χ4n) is 4.25. The summed E-state index contributed by atoms with van der Waals surface area (Å²) in [6, 6.07) is 23.6. The summed E-state index contributed by atoms with van der Waals surface area (Å²) in [7, 11) is 3.39. The van der Waals surface area contributed by atoms with Gasteiger partial charge in [-0.2, -0.15) is 0 Å². The summed E-state index contributed by atoms with van der Waals surface area (Å²) in [6.07, 6.45) is 4.37. The highest BCUT2D eigenvalue weighted by Gasteiger charge is 2.26. The molecular formula is C30H37F2N7. The smallest absolute Gasteiger partial charge is 0.197 e. The molecule has 1 aliphatic heterocycles. The second kappa shape index (κ2) is 14.8. The summed E-state index contributed by atoms with van der Waals surface area (Å²) >= 11 is 0. The maximum atomic E-state index is 13.5. The van der Waals surface area contributed by atoms with Gasteiger partial charge in [-0.15, -0.1) is 0 Å². The van der Waals surface area contributed by atoms with Gasteiger partial charge in [-0.25, -0.2) is 8.78 Å². The molecule has 3 aromatic carbocycles. The van der Waals surface area contributed by atoms with E-state index >= 15 is 0 Å². The average molecular weight is 534 g/mol. The van der Waals surface area contributed by atoms with Gasteiger partial charge in [-0.1, -0.05) is 66.7 Å². The van der Waals surface area contributed by atoms with E-state index in [4.69, 9.17) is 16.6 Å². The molecule has 39 heavy (non-hydrogen) atoms. The molecule has 5 N–H and O–H groups in total. The second-order valence-corrected chi connectivity index (χ2v) is 9.44. The SMILES string of the molecule is CN(C)C(=N)NC(=N)N.Fc1ccc(C(c2ccc(F)cc2)N2CCN(C/C=C/c3ccccc3)CC2)cc1. The molecule has 0 unspecified atom stereocenters. The van der Waals surface area contributed by atoms with Crippen LogP contribution in [0.2, 0.25) is 0 Å². The Kier molecular flexibility index (Phi) is 11.1. The van der Waals surface area contributed by atoms with Gasteiger partial charge in [-0.05, 0) is 41.0 Å². The van der Waals surface area contributed by atoms with Gasteiger partial charge < -0.3 is 10.6 Å². The fourth-order valence-corrected chi connectivity index (χ4v) is 4.25. The van der Waals surface area contributed by atoms with E-state index in [2.05, 4.69) is 39.4 Å². The van der Waals surface area contributed by atoms with E-state index in [1.165, 1.54) is 34.7 Å². The number of guanidine groups is 2. The van der Waals surface area contributed by atoms with Crippen molar-refractivity contribution in [2.24, 2.45) is 5.73 Å². The predicted molar refractivity (Wildman–Crippen MR) is 155 cm³/mol. The number of nitrogens with zero attached hydrogens (tertiary/aromatic N) is 3. The Morgan fingerprint density at radius 2 is 1.38 bits per heavy atom. The third-order valence-electron chi connectivity index (χ3n) is 6.32. The van der Waals surface area contributed by atoms with Gasteiger partial charge in [0.05, 0.1) is 6.04 Å². The lowest BCUT2D eigenvalue weighted by Gasteiger charge is -2.39. The van der Waals surface area contributed by atoms with E-state index in [1.807, 2.05) is 42.5 Å². The van der Waals surface area contributed by atoms with Crippen molar-refractivity contribution in [1.82, 2.24) is 20.0 Å². The molecule has 0 bridgehead atoms. The van der Waals surface area contributed by atoms with Crippen LogP contribution in [-0.4, -0.2) is 73.4 Å². The number of hydrogen-bond donors (Lipinski definition) is 4. The van der Waals surface area contributed by atoms with Crippen LogP contribution in [0.15, 0.2) is 84.9 Å². The third kappa shape index (κ3) is 9.63. The maximum Gasteiger partial charge on any atom is 0.197 e. The van der Waals surface area contributed by atoms with E-state index in [-0.39, 0.29) is 29.6 Å². The summed E-state index contributed by atoms with van der Waals surface area (Å²) in [5.74, 6) is -0.588. The molecule has 0 atom stereocenters. The van der Waals surface area contributed by atoms with Gasteiger partial charge in [0, 0.05) is 46.8 Å². The molecule has 0 saturated carbocycles. The monoisotopic (exact) mass is 533 g/mol. The predicted octanol–water partition coefficient (Wildman–Crippen LogP) is 4.35. The van der Waals surface area contributed by atoms with E-state index in [1.54, 1.807) is 14.1 Å². The second-order valence-electron chi connectivity index (χ2n) is 9.44. The van der Waals surface area contributed by atoms with Crippen molar-refractivity contribution in [3.05, 3.63) is 113 Å². The van der Waals surface area contributed by atoms with Crippen LogP contribution >= 0.6 is 0 Å². The van der Waals surface area contributed by atoms with Crippen molar-refractivity contribution in [2.45, 2.75) is 6.04 Å². The standard InChI is InChI=1S/C26H26F2N2.C4H11N5/c27-24-12-8-22(9-13-24)26(23-10-14-25(28)15-11-23)30-19-17-29(18-20-30)16-4-7-21-5-2-1-3-6-21;1-9(2)4(7)8-3(5)6/h1-15,26H,16-20H2;1-2H3,(H5,5,6,7,8)/b7-4+;. The molecule has 206 valence electrons. The lowest BCUT2D eigenvalue weighted by Crippen LogP contribution is -2.47. The molecule has 0 radical (unpaired) electrons. The number of halogens is 2. The number of benzene rings is 3. The van der Waals surface area contributed by atoms with Crippen LogP contribution in [0.5, 0.6) is 0 Å². The van der Waals surface area contributed by atoms with Crippen LogP contribution in [0.25, 0.3) is 6.08 Å². The van der Waals surface area contributed by atoms with E-state index in [0.717, 1.165) is 43.9 Å². The highest BCUT2D eigenvalue weighted by Crippen LogP contribution is 2.30. The van der Waals surface area contributed by atoms with Crippen LogP contribution in [0.3, 0.4) is 0 Å². The van der Waals surface area contributed by atoms with Gasteiger partial charge in [0.15, 0.2) is 11.9 Å². The lowest BCUT2D eigenvalue weighted by atomic mass is 9.96. The van der Waals surface area contributed by atoms with Crippen molar-refractivity contribution < 1.29 is 8.78 Å². The van der Waals surface area contributed by atoms with Crippen molar-refractivity contribution in [3.8, 4) is 0 Å². The van der Waals surface area contributed by atoms with Crippen molar-refractivity contribution in [3.63, 3.8) is 0 Å². The van der Waals surface area contributed by atoms with Crippen LogP contribution in [-0.2, 0) is 0 Å². The normalized spacial score (nSPS) is 14.1. The van der Waals surface area contributed by atoms with Gasteiger partial charge in [0.2, 0.25) is 0 Å². The quantitative estimate of drug-likeness (QED) is 0.279. The minimum atomic E-state index is -0.244. The first-order valence-corrected chi connectivity index (χ1v) is 12.8. The zero-order chi connectivity index (χ0) is 28.2. The Labute approximate surface area is 229 Å². The van der Waals surface area contributed by atoms with Crippen LogP contribution in [0, 0.1) is 22.5 Å². The summed E-state index contributed by atoms with van der Waals surface area (Å²) in [6.45, 7) is 4.63. The Balaban J connectivity index is 0.000000403. The first-order chi connectivity index (χ1) is 18.7. The molecule has 0 aliphatic carbocycles. The molecule has 1 aliphatic rings. The summed E-state index contributed by atoms with van der Waals surface area (Å²) in [5, 5.41) is 16.1. The zero-order valence-electron chi connectivity index (χ0n) is 22.4. The van der Waals surface area contributed by atoms with Gasteiger partial charge >= 0.3 is 0 Å². The van der Waals surface area contributed by atoms with Crippen LogP contribution in [0.1, 0.15) is 22.7 Å². The third-order valence-corrected chi connectivity index (χ3v) is 6.32. The van der Waals surface area contributed by atoms with Crippen molar-refractivity contribution in [1.29, 1.82) is 10.8 Å². The maximum absolute atomic E-state index is 13.5. The Morgan fingerprint density at radius 3 is 1.82 bits per heavy atom. The first-order valence-electron chi connectivity index (χ1n) is 12.8. The molecule has 3 aromatic rings. The largest absolute Gasteiger partial charge is 0.370 e. The number of piperazine rings is 1. The Hall–Kier alpha value is -4.08. The lowest BCUT2D eigenvalue weighted by molar-refractivity contribution is 0.118. The number of nitrogens with one attached hydrogen (secondary N) is 3. The van der Waals surface area contributed by atoms with Gasteiger partial charge in [0.1, 0.15) is 11.6 Å². The zero-order valence-corrected chi connectivity index (χ0v) is 22.4. The number of hydrogen-bond acceptors (Lipinski definition) is 4. The van der Waals surface area contributed by atoms with E-state index in [9.17, 15) is 8.78 Å². The Bertz CT molecular complexity index is 1160. The van der Waals surface area contributed by atoms with E-state index < -0.39 is 0 Å². The molecule has 0 amide bonds. The van der Waals surface area contributed by atoms with Crippen molar-refractivity contribution >= 4 is 18.0 Å². The molecule has 7 nitrogen and oxygen atoms in total. The molecule has 1 heterocycles. The molecule has 0 aromatic heterocycles. The number of nitrogens with two attached hydrogens (primary N) is 1. The summed E-state index contributed by atoms with van der Waals surface area (Å²) in [5.41, 5.74) is 8.20. The fraction of sp³-hybridized carbons (Fsp3) is 0.267. The minimum absolute atomic E-state index is 0.00629. The molecular weight excluding hydrogens is 496 g/mol. The minimum Gasteiger partial charge on any atom is -0.370 e. The molecule has 4 rings (SSSR count). The summed E-state index contributed by atoms with van der Waals surface area (Å²) < 4.78 is 26.9. The van der Waals surface area contributed by atoms with Crippen molar-refractivity contribution in [2.75, 3.05) is 46.8 Å². The van der Waals surface area contributed by atoms with Crippen LogP contribution in [0.4, 0.5) is 8.78 Å². The van der Waals surface area contributed by atoms with Gasteiger partial charge in [-0.3, -0.25) is 25.9 Å². The van der Waals surface area contributed by atoms with Crippen LogP contribution < -0.4 is 11.1 Å². The number of rotatable bonds is 6. The highest BCUT2D eigenvalue weighted by molar-refractivity contribution is 5.94. The first kappa shape index (κ1) is 29.5. The molecule has 1 fully saturated rings. The Morgan fingerprint density at radius 1 is 0.872 bits per heavy atom. The molecule has 0 spiro atoms. The van der Waals surface area contributed by atoms with Gasteiger partial charge in [0.25, 0.3) is 0 Å².